The molecule has 0 spiro atoms. The van der Waals surface area contributed by atoms with Crippen molar-refractivity contribution in [3.8, 4) is 17.2 Å². The summed E-state index contributed by atoms with van der Waals surface area (Å²) in [6.07, 6.45) is 0. The highest BCUT2D eigenvalue weighted by Crippen LogP contribution is 2.27. The van der Waals surface area contributed by atoms with Crippen molar-refractivity contribution in [3.63, 3.8) is 0 Å². The molecule has 0 aliphatic rings. The number of ketones is 1. The van der Waals surface area contributed by atoms with Gasteiger partial charge in [0.25, 0.3) is 0 Å². The second-order valence-corrected chi connectivity index (χ2v) is 5.80. The standard InChI is InChI=1S/C21H27NO4/c1-5-22(6-2)13-14-26-17-9-7-16(8-10-17)21(23)19-12-11-18(24-3)15-20(19)25-4/h7-12,15H,5-6,13-14H2,1-4H3. The summed E-state index contributed by atoms with van der Waals surface area (Å²) in [5.41, 5.74) is 1.09. The van der Waals surface area contributed by atoms with E-state index >= 15 is 0 Å². The summed E-state index contributed by atoms with van der Waals surface area (Å²) in [5, 5.41) is 0. The minimum absolute atomic E-state index is 0.0980. The fraction of sp³-hybridized carbons (Fsp3) is 0.381. The number of carbonyl (C=O) groups is 1. The zero-order valence-corrected chi connectivity index (χ0v) is 16.0. The van der Waals surface area contributed by atoms with Crippen LogP contribution in [0.3, 0.4) is 0 Å². The van der Waals surface area contributed by atoms with Crippen molar-refractivity contribution in [1.82, 2.24) is 4.90 Å². The first-order chi connectivity index (χ1) is 12.6. The summed E-state index contributed by atoms with van der Waals surface area (Å²) in [5.74, 6) is 1.80. The molecule has 0 saturated heterocycles. The Labute approximate surface area is 155 Å². The van der Waals surface area contributed by atoms with E-state index < -0.39 is 0 Å². The quantitative estimate of drug-likeness (QED) is 0.608. The van der Waals surface area contributed by atoms with Gasteiger partial charge in [-0.3, -0.25) is 4.79 Å². The first-order valence-corrected chi connectivity index (χ1v) is 8.84. The third-order valence-electron chi connectivity index (χ3n) is 4.34. The van der Waals surface area contributed by atoms with Crippen LogP contribution in [0, 0.1) is 0 Å². The Hall–Kier alpha value is -2.53. The summed E-state index contributed by atoms with van der Waals surface area (Å²) < 4.78 is 16.3. The zero-order chi connectivity index (χ0) is 18.9. The van der Waals surface area contributed by atoms with E-state index in [2.05, 4.69) is 18.7 Å². The van der Waals surface area contributed by atoms with E-state index in [9.17, 15) is 4.79 Å². The van der Waals surface area contributed by atoms with Gasteiger partial charge in [-0.25, -0.2) is 0 Å². The molecule has 5 heteroatoms. The first-order valence-electron chi connectivity index (χ1n) is 8.84. The van der Waals surface area contributed by atoms with Gasteiger partial charge in [-0.2, -0.15) is 0 Å². The average molecular weight is 357 g/mol. The molecule has 0 radical (unpaired) electrons. The van der Waals surface area contributed by atoms with Crippen molar-refractivity contribution in [3.05, 3.63) is 53.6 Å². The molecule has 140 valence electrons. The molecule has 2 rings (SSSR count). The largest absolute Gasteiger partial charge is 0.497 e. The lowest BCUT2D eigenvalue weighted by Crippen LogP contribution is -2.27. The predicted octanol–water partition coefficient (Wildman–Crippen LogP) is 3.66. The van der Waals surface area contributed by atoms with Crippen LogP contribution in [0.25, 0.3) is 0 Å². The first kappa shape index (κ1) is 19.8. The number of hydrogen-bond donors (Lipinski definition) is 0. The van der Waals surface area contributed by atoms with Crippen molar-refractivity contribution in [1.29, 1.82) is 0 Å². The highest BCUT2D eigenvalue weighted by atomic mass is 16.5. The Kier molecular flexibility index (Phi) is 7.48. The fourth-order valence-corrected chi connectivity index (χ4v) is 2.68. The molecule has 0 aliphatic heterocycles. The number of nitrogens with zero attached hydrogens (tertiary/aromatic N) is 1. The third-order valence-corrected chi connectivity index (χ3v) is 4.34. The van der Waals surface area contributed by atoms with Gasteiger partial charge < -0.3 is 19.1 Å². The number of ether oxygens (including phenoxy) is 3. The molecule has 0 aliphatic carbocycles. The Morgan fingerprint density at radius 1 is 0.923 bits per heavy atom. The van der Waals surface area contributed by atoms with E-state index in [1.807, 2.05) is 12.1 Å². The molecule has 0 bridgehead atoms. The van der Waals surface area contributed by atoms with Gasteiger partial charge in [0.1, 0.15) is 23.9 Å². The van der Waals surface area contributed by atoms with Crippen LogP contribution < -0.4 is 14.2 Å². The Bertz CT molecular complexity index is 708. The van der Waals surface area contributed by atoms with Gasteiger partial charge in [0.2, 0.25) is 0 Å². The number of carbonyl (C=O) groups excluding carboxylic acids is 1. The topological polar surface area (TPSA) is 48.0 Å². The maximum Gasteiger partial charge on any atom is 0.196 e. The second-order valence-electron chi connectivity index (χ2n) is 5.80. The normalized spacial score (nSPS) is 10.7. The van der Waals surface area contributed by atoms with Crippen molar-refractivity contribution in [2.45, 2.75) is 13.8 Å². The van der Waals surface area contributed by atoms with Crippen LogP contribution in [0.1, 0.15) is 29.8 Å². The number of methoxy groups -OCH3 is 2. The van der Waals surface area contributed by atoms with Crippen LogP contribution in [0.15, 0.2) is 42.5 Å². The van der Waals surface area contributed by atoms with E-state index in [-0.39, 0.29) is 5.78 Å². The number of likely N-dealkylation sites (N-methyl/N-ethyl adjacent to an activating group) is 1. The molecule has 2 aromatic carbocycles. The molecule has 0 N–H and O–H groups in total. The highest BCUT2D eigenvalue weighted by Gasteiger charge is 2.15. The van der Waals surface area contributed by atoms with Gasteiger partial charge in [0.15, 0.2) is 5.78 Å². The average Bonchev–Trinajstić information content (AvgIpc) is 2.70. The maximum absolute atomic E-state index is 12.7. The Balaban J connectivity index is 2.05. The van der Waals surface area contributed by atoms with Gasteiger partial charge >= 0.3 is 0 Å². The van der Waals surface area contributed by atoms with Gasteiger partial charge in [0, 0.05) is 18.2 Å². The molecular formula is C21H27NO4. The minimum atomic E-state index is -0.0980. The van der Waals surface area contributed by atoms with Crippen LogP contribution in [0.5, 0.6) is 17.2 Å². The van der Waals surface area contributed by atoms with Crippen LogP contribution in [-0.4, -0.2) is 51.1 Å². The van der Waals surface area contributed by atoms with E-state index in [0.717, 1.165) is 25.4 Å². The maximum atomic E-state index is 12.7. The lowest BCUT2D eigenvalue weighted by molar-refractivity contribution is 0.103. The molecule has 0 amide bonds. The summed E-state index contributed by atoms with van der Waals surface area (Å²) in [6.45, 7) is 7.81. The predicted molar refractivity (Wildman–Crippen MR) is 103 cm³/mol. The lowest BCUT2D eigenvalue weighted by atomic mass is 10.0. The van der Waals surface area contributed by atoms with E-state index in [1.54, 1.807) is 44.6 Å². The monoisotopic (exact) mass is 357 g/mol. The highest BCUT2D eigenvalue weighted by molar-refractivity contribution is 6.10. The van der Waals surface area contributed by atoms with Crippen molar-refractivity contribution in [2.24, 2.45) is 0 Å². The molecule has 26 heavy (non-hydrogen) atoms. The van der Waals surface area contributed by atoms with Gasteiger partial charge in [-0.1, -0.05) is 13.8 Å². The molecule has 5 nitrogen and oxygen atoms in total. The minimum Gasteiger partial charge on any atom is -0.497 e. The molecule has 0 saturated carbocycles. The SMILES string of the molecule is CCN(CC)CCOc1ccc(C(=O)c2ccc(OC)cc2OC)cc1. The molecule has 0 unspecified atom stereocenters. The fourth-order valence-electron chi connectivity index (χ4n) is 2.68. The molecule has 2 aromatic rings. The number of rotatable bonds is 10. The van der Waals surface area contributed by atoms with Gasteiger partial charge in [0.05, 0.1) is 19.8 Å². The lowest BCUT2D eigenvalue weighted by Gasteiger charge is -2.18. The van der Waals surface area contributed by atoms with E-state index in [1.165, 1.54) is 0 Å². The molecule has 0 atom stereocenters. The zero-order valence-electron chi connectivity index (χ0n) is 16.0. The molecule has 0 fully saturated rings. The van der Waals surface area contributed by atoms with Crippen LogP contribution in [0.2, 0.25) is 0 Å². The molecule has 0 heterocycles. The van der Waals surface area contributed by atoms with Crippen molar-refractivity contribution < 1.29 is 19.0 Å². The number of hydrogen-bond acceptors (Lipinski definition) is 5. The Morgan fingerprint density at radius 3 is 2.15 bits per heavy atom. The number of benzene rings is 2. The third kappa shape index (κ3) is 4.99. The van der Waals surface area contributed by atoms with Crippen LogP contribution in [0.4, 0.5) is 0 Å². The summed E-state index contributed by atoms with van der Waals surface area (Å²) in [7, 11) is 3.12. The van der Waals surface area contributed by atoms with Crippen molar-refractivity contribution in [2.75, 3.05) is 40.5 Å². The summed E-state index contributed by atoms with van der Waals surface area (Å²) in [4.78, 5) is 15.0. The smallest absolute Gasteiger partial charge is 0.196 e. The van der Waals surface area contributed by atoms with Crippen LogP contribution in [-0.2, 0) is 0 Å². The summed E-state index contributed by atoms with van der Waals surface area (Å²) >= 11 is 0. The Morgan fingerprint density at radius 2 is 1.58 bits per heavy atom. The molecular weight excluding hydrogens is 330 g/mol. The summed E-state index contributed by atoms with van der Waals surface area (Å²) in [6, 6.07) is 12.4. The van der Waals surface area contributed by atoms with E-state index in [0.29, 0.717) is 29.2 Å². The van der Waals surface area contributed by atoms with Crippen molar-refractivity contribution >= 4 is 5.78 Å². The van der Waals surface area contributed by atoms with E-state index in [4.69, 9.17) is 14.2 Å². The second kappa shape index (κ2) is 9.82. The van der Waals surface area contributed by atoms with Gasteiger partial charge in [-0.05, 0) is 49.5 Å². The molecule has 0 aromatic heterocycles. The van der Waals surface area contributed by atoms with Crippen LogP contribution >= 0.6 is 0 Å². The van der Waals surface area contributed by atoms with Gasteiger partial charge in [-0.15, -0.1) is 0 Å².